The van der Waals surface area contributed by atoms with Gasteiger partial charge in [-0.05, 0) is 255 Å². The minimum Gasteiger partial charge on any atom is -0.450 e. The van der Waals surface area contributed by atoms with E-state index in [0.29, 0.717) is 46.9 Å². The maximum absolute atomic E-state index is 8.24. The van der Waals surface area contributed by atoms with Crippen molar-refractivity contribution in [2.75, 3.05) is 14.4 Å². The molecule has 23 heteroatoms. The number of pyridine rings is 4. The van der Waals surface area contributed by atoms with E-state index in [1.54, 1.807) is 6.92 Å². The SMILES string of the molecule is CB1c2c(oc3nc(C)ccc23)C=C(C)N1c1n(-c2c(C(C)C)cc(-c3ccccc3)cc2C(C)C)cc[n+]1C.CB1c2c(oc3nc(C)ccc23)C=C(C)N1c1n(-c2c(C(C)C)cccc2C(C)C)cc[n+]1C.CB1c2c(oc3nc(C)ccc23)C=C(C)N1c1n(-c2c(C(C)C)cccc2C(C)C)cc[n+]1C.[2H]C([2H])([2H])C1(C([2H])([2H])[2H])CC(C)(C)N(N2B(C)c3oc4nc(C)ccc4c3C=C2C)C1C. The first-order valence-electron chi connectivity index (χ1n) is 51.1. The maximum Gasteiger partial charge on any atom is 0.378 e. The zero-order chi connectivity index (χ0) is 101. The standard InChI is InChI=1S/C34H38BN4O.2C28H34BN4O.C21H30BN3O/c1-21(2)28-19-26(25-12-10-9-11-13-25)20-29(22(3)4)32(28)38-17-16-37(8)34(38)39-24(6)18-30-31(35(39)7)27-15-14-23(5)36-33(27)40-30;2*1-17(2)21-10-9-11-22(18(3)4)26(21)32-15-14-31(8)28(32)33-20(6)16-24-25(29(33)7)23-13-12-19(5)30-27(23)34-24;1-13-9-10-16-17-11-14(2)25(22(8)18(17)26-19(16)23-13)24-15(3)20(4,5)12-21(24,6)7/h9-22H,1-8H3;2*9-18H,1-8H3;9-11,15H,12H2,1-8H3/q3*+1;/i;;;4D3,5D3. The van der Waals surface area contributed by atoms with E-state index in [4.69, 9.17) is 25.9 Å². The quantitative estimate of drug-likeness (QED) is 0.0752. The van der Waals surface area contributed by atoms with Crippen LogP contribution in [0.4, 0.5) is 17.8 Å². The van der Waals surface area contributed by atoms with E-state index in [0.717, 1.165) is 125 Å². The number of fused-ring (bicyclic) bond motifs is 12. The highest BCUT2D eigenvalue weighted by molar-refractivity contribution is 6.80. The average Bonchev–Trinajstić information content (AvgIpc) is 1.53. The van der Waals surface area contributed by atoms with Gasteiger partial charge in [0.25, 0.3) is 0 Å². The Morgan fingerprint density at radius 3 is 1.04 bits per heavy atom. The van der Waals surface area contributed by atoms with E-state index >= 15 is 0 Å². The van der Waals surface area contributed by atoms with Crippen molar-refractivity contribution in [1.82, 2.24) is 43.6 Å². The number of hydrogen-bond donors (Lipinski definition) is 0. The third kappa shape index (κ3) is 16.4. The molecule has 1 unspecified atom stereocenters. The molecule has 5 aliphatic rings. The monoisotopic (exact) mass is 1790 g/mol. The summed E-state index contributed by atoms with van der Waals surface area (Å²) in [5, 5.41) is 6.16. The number of hydrogen-bond acceptors (Lipinski definition) is 13. The topological polar surface area (TPSA) is 147 Å². The van der Waals surface area contributed by atoms with Crippen molar-refractivity contribution >= 4 is 136 Å². The third-order valence-corrected chi connectivity index (χ3v) is 28.2. The summed E-state index contributed by atoms with van der Waals surface area (Å²) in [5.74, 6) is 8.52. The average molecular weight is 1790 g/mol. The summed E-state index contributed by atoms with van der Waals surface area (Å²) in [4.78, 5) is 27.8. The molecule has 1 fully saturated rings. The van der Waals surface area contributed by atoms with Crippen LogP contribution in [0.2, 0.25) is 27.3 Å². The van der Waals surface area contributed by atoms with Gasteiger partial charge in [-0.2, -0.15) is 0 Å². The molecule has 0 saturated carbocycles. The molecule has 0 N–H and O–H groups in total. The van der Waals surface area contributed by atoms with E-state index < -0.39 is 30.7 Å². The minimum absolute atomic E-state index is 0.0262. The second kappa shape index (κ2) is 35.8. The fourth-order valence-electron chi connectivity index (χ4n) is 21.8. The molecule has 0 radical (unpaired) electrons. The zero-order valence-electron chi connectivity index (χ0n) is 90.3. The van der Waals surface area contributed by atoms with E-state index in [1.807, 2.05) is 83.4 Å². The number of furan rings is 4. The van der Waals surface area contributed by atoms with Gasteiger partial charge in [-0.3, -0.25) is 14.4 Å². The highest BCUT2D eigenvalue weighted by Gasteiger charge is 2.54. The molecule has 1 saturated heterocycles. The lowest BCUT2D eigenvalue weighted by Gasteiger charge is -2.48. The Balaban J connectivity index is 0.000000129. The molecular formula is C111H136B4N15O4+3. The summed E-state index contributed by atoms with van der Waals surface area (Å²) in [6, 6.07) is 44.8. The van der Waals surface area contributed by atoms with Crippen molar-refractivity contribution < 1.29 is 39.6 Å². The van der Waals surface area contributed by atoms with Gasteiger partial charge in [0.15, 0.2) is 0 Å². The van der Waals surface area contributed by atoms with Gasteiger partial charge in [-0.1, -0.05) is 170 Å². The molecule has 15 aromatic rings. The van der Waals surface area contributed by atoms with Crippen LogP contribution < -0.4 is 50.2 Å². The Kier molecular flexibility index (Phi) is 22.9. The normalized spacial score (nSPS) is 16.8. The van der Waals surface area contributed by atoms with Crippen molar-refractivity contribution in [3.63, 3.8) is 0 Å². The van der Waals surface area contributed by atoms with Gasteiger partial charge in [0.05, 0.1) is 56.8 Å². The van der Waals surface area contributed by atoms with E-state index in [-0.39, 0.29) is 33.8 Å². The minimum atomic E-state index is -2.65. The Labute approximate surface area is 803 Å². The first-order valence-corrected chi connectivity index (χ1v) is 48.1. The Morgan fingerprint density at radius 2 is 0.716 bits per heavy atom. The first kappa shape index (κ1) is 85.8. The van der Waals surface area contributed by atoms with Crippen molar-refractivity contribution in [3.8, 4) is 28.2 Å². The molecule has 11 aromatic heterocycles. The van der Waals surface area contributed by atoms with Crippen molar-refractivity contribution in [1.29, 1.82) is 0 Å². The van der Waals surface area contributed by atoms with Crippen molar-refractivity contribution in [2.24, 2.45) is 26.6 Å². The molecule has 0 aliphatic carbocycles. The third-order valence-electron chi connectivity index (χ3n) is 28.2. The number of aromatic nitrogens is 10. The molecule has 19 nitrogen and oxygen atoms in total. The lowest BCUT2D eigenvalue weighted by Crippen LogP contribution is -2.62. The molecule has 5 aliphatic heterocycles. The van der Waals surface area contributed by atoms with E-state index in [2.05, 4.69) is 378 Å². The number of para-hydroxylation sites is 2. The number of imidazole rings is 3. The molecule has 688 valence electrons. The van der Waals surface area contributed by atoms with Gasteiger partial charge in [0, 0.05) is 110 Å². The molecule has 0 bridgehead atoms. The number of benzene rings is 4. The Hall–Kier alpha value is -12.4. The van der Waals surface area contributed by atoms with Crippen LogP contribution >= 0.6 is 0 Å². The van der Waals surface area contributed by atoms with E-state index in [1.165, 1.54) is 78.0 Å². The van der Waals surface area contributed by atoms with Crippen molar-refractivity contribution in [3.05, 3.63) is 266 Å². The predicted octanol–water partition coefficient (Wildman–Crippen LogP) is 23.2. The summed E-state index contributed by atoms with van der Waals surface area (Å²) < 4.78 is 88.1. The fraction of sp³-hybridized carbons (Fsp3) is 0.378. The van der Waals surface area contributed by atoms with Crippen molar-refractivity contribution in [2.45, 2.75) is 254 Å². The van der Waals surface area contributed by atoms with Gasteiger partial charge in [-0.15, -0.1) is 0 Å². The van der Waals surface area contributed by atoms with Gasteiger partial charge >= 0.3 is 45.2 Å². The molecule has 134 heavy (non-hydrogen) atoms. The number of rotatable bonds is 14. The number of allylic oxidation sites excluding steroid dienone is 4. The lowest BCUT2D eigenvalue weighted by atomic mass is 9.54. The highest BCUT2D eigenvalue weighted by Crippen LogP contribution is 2.50. The summed E-state index contributed by atoms with van der Waals surface area (Å²) >= 11 is 0. The molecule has 4 aromatic carbocycles. The fourth-order valence-corrected chi connectivity index (χ4v) is 21.8. The first-order chi connectivity index (χ1) is 66.0. The summed E-state index contributed by atoms with van der Waals surface area (Å²) in [7, 11) is 6.40. The molecular weight excluding hydrogens is 1650 g/mol. The van der Waals surface area contributed by atoms with Crippen LogP contribution in [-0.2, 0) is 21.1 Å². The molecule has 20 rings (SSSR count). The van der Waals surface area contributed by atoms with Gasteiger partial charge in [-0.25, -0.2) is 52.3 Å². The van der Waals surface area contributed by atoms with Crippen LogP contribution in [0, 0.1) is 33.1 Å². The number of nitrogens with zero attached hydrogens (tertiary/aromatic N) is 15. The second-order valence-electron chi connectivity index (χ2n) is 40.6. The Morgan fingerprint density at radius 1 is 0.388 bits per heavy atom. The highest BCUT2D eigenvalue weighted by atomic mass is 16.4. The smallest absolute Gasteiger partial charge is 0.378 e. The summed E-state index contributed by atoms with van der Waals surface area (Å²) in [6.45, 7) is 52.9. The second-order valence-corrected chi connectivity index (χ2v) is 40.6. The van der Waals surface area contributed by atoms with Gasteiger partial charge < -0.3 is 22.6 Å². The lowest BCUT2D eigenvalue weighted by molar-refractivity contribution is -0.657. The summed E-state index contributed by atoms with van der Waals surface area (Å²) in [6.07, 6.45) is 21.6. The van der Waals surface area contributed by atoms with Gasteiger partial charge in [0.2, 0.25) is 22.9 Å². The summed E-state index contributed by atoms with van der Waals surface area (Å²) in [5.41, 5.74) is 28.1. The number of hydrazine groups is 1. The van der Waals surface area contributed by atoms with Crippen LogP contribution in [0.25, 0.3) is 96.9 Å². The van der Waals surface area contributed by atoms with Crippen LogP contribution in [0.15, 0.2) is 205 Å². The van der Waals surface area contributed by atoms with Crippen LogP contribution in [-0.4, -0.2) is 82.5 Å². The largest absolute Gasteiger partial charge is 0.450 e. The Bertz CT molecular complexity index is 7140. The molecule has 1 atom stereocenters. The van der Waals surface area contributed by atoms with E-state index in [9.17, 15) is 0 Å². The van der Waals surface area contributed by atoms with Crippen LogP contribution in [0.1, 0.15) is 274 Å². The maximum atomic E-state index is 8.24. The molecule has 0 spiro atoms. The van der Waals surface area contributed by atoms with Gasteiger partial charge in [0.1, 0.15) is 58.6 Å². The zero-order valence-corrected chi connectivity index (χ0v) is 84.3. The number of anilines is 3. The molecule has 0 amide bonds. The predicted molar refractivity (Wildman–Crippen MR) is 558 cm³/mol. The van der Waals surface area contributed by atoms with Crippen LogP contribution in [0.3, 0.4) is 0 Å². The number of aryl methyl sites for hydroxylation is 7. The molecule has 16 heterocycles. The van der Waals surface area contributed by atoms with Crippen LogP contribution in [0.5, 0.6) is 0 Å².